The number of nitrogens with zero attached hydrogens (tertiary/aromatic N) is 2. The molecular weight excluding hydrogens is 180 g/mol. The molecule has 1 aliphatic rings. The molecule has 1 saturated heterocycles. The van der Waals surface area contributed by atoms with Crippen molar-refractivity contribution in [1.82, 2.24) is 9.88 Å². The van der Waals surface area contributed by atoms with E-state index in [1.807, 2.05) is 19.1 Å². The Morgan fingerprint density at radius 2 is 2.36 bits per heavy atom. The molecule has 1 aromatic heterocycles. The Morgan fingerprint density at radius 1 is 1.57 bits per heavy atom. The summed E-state index contributed by atoms with van der Waals surface area (Å²) in [6.45, 7) is 2.35. The first-order chi connectivity index (χ1) is 6.68. The van der Waals surface area contributed by atoms with Gasteiger partial charge in [0.25, 0.3) is 0 Å². The number of ether oxygens (including phenoxy) is 1. The van der Waals surface area contributed by atoms with Gasteiger partial charge in [-0.05, 0) is 18.6 Å². The summed E-state index contributed by atoms with van der Waals surface area (Å²) in [7, 11) is 1.74. The zero-order valence-corrected chi connectivity index (χ0v) is 8.23. The minimum atomic E-state index is -0.268. The molecule has 74 valence electrons. The summed E-state index contributed by atoms with van der Waals surface area (Å²) >= 11 is 0. The van der Waals surface area contributed by atoms with E-state index in [2.05, 4.69) is 4.98 Å². The van der Waals surface area contributed by atoms with Gasteiger partial charge >= 0.3 is 6.09 Å². The first-order valence-corrected chi connectivity index (χ1v) is 4.50. The van der Waals surface area contributed by atoms with Gasteiger partial charge in [-0.3, -0.25) is 4.98 Å². The first kappa shape index (κ1) is 8.99. The molecule has 0 aliphatic carbocycles. The number of pyridine rings is 1. The molecule has 1 unspecified atom stereocenters. The monoisotopic (exact) mass is 192 g/mol. The number of aryl methyl sites for hydroxylation is 1. The first-order valence-electron chi connectivity index (χ1n) is 4.50. The quantitative estimate of drug-likeness (QED) is 0.677. The molecule has 0 N–H and O–H groups in total. The van der Waals surface area contributed by atoms with E-state index in [0.717, 1.165) is 11.3 Å². The van der Waals surface area contributed by atoms with Crippen LogP contribution >= 0.6 is 0 Å². The van der Waals surface area contributed by atoms with E-state index in [1.165, 1.54) is 0 Å². The van der Waals surface area contributed by atoms with Crippen LogP contribution in [0.1, 0.15) is 17.3 Å². The van der Waals surface area contributed by atoms with Gasteiger partial charge < -0.3 is 9.64 Å². The number of hydrogen-bond donors (Lipinski definition) is 0. The van der Waals surface area contributed by atoms with Crippen LogP contribution in [0.2, 0.25) is 0 Å². The summed E-state index contributed by atoms with van der Waals surface area (Å²) in [5.74, 6) is 0. The van der Waals surface area contributed by atoms with Gasteiger partial charge in [0, 0.05) is 18.9 Å². The average Bonchev–Trinajstić information content (AvgIpc) is 2.50. The Labute approximate surface area is 82.5 Å². The molecule has 0 saturated carbocycles. The van der Waals surface area contributed by atoms with Crippen molar-refractivity contribution < 1.29 is 9.53 Å². The van der Waals surface area contributed by atoms with E-state index < -0.39 is 0 Å². The van der Waals surface area contributed by atoms with Gasteiger partial charge in [0.15, 0.2) is 0 Å². The number of rotatable bonds is 1. The molecule has 2 rings (SSSR count). The van der Waals surface area contributed by atoms with Crippen LogP contribution in [0, 0.1) is 6.92 Å². The summed E-state index contributed by atoms with van der Waals surface area (Å²) in [6, 6.07) is 3.92. The van der Waals surface area contributed by atoms with E-state index in [1.54, 1.807) is 18.1 Å². The molecule has 1 aromatic rings. The Balaban J connectivity index is 2.23. The fourth-order valence-corrected chi connectivity index (χ4v) is 1.49. The number of aromatic nitrogens is 1. The Kier molecular flexibility index (Phi) is 2.11. The third-order valence-corrected chi connectivity index (χ3v) is 2.44. The highest BCUT2D eigenvalue weighted by atomic mass is 16.6. The van der Waals surface area contributed by atoms with Crippen molar-refractivity contribution in [3.8, 4) is 0 Å². The topological polar surface area (TPSA) is 42.4 Å². The number of amides is 1. The molecule has 1 amide bonds. The van der Waals surface area contributed by atoms with Gasteiger partial charge in [0.05, 0.1) is 6.04 Å². The molecule has 1 aliphatic heterocycles. The highest BCUT2D eigenvalue weighted by molar-refractivity contribution is 5.70. The number of cyclic esters (lactones) is 1. The second-order valence-electron chi connectivity index (χ2n) is 3.44. The van der Waals surface area contributed by atoms with Crippen LogP contribution in [0.25, 0.3) is 0 Å². The van der Waals surface area contributed by atoms with Gasteiger partial charge in [-0.2, -0.15) is 0 Å². The molecule has 4 heteroatoms. The zero-order chi connectivity index (χ0) is 10.1. The highest BCUT2D eigenvalue weighted by Crippen LogP contribution is 2.25. The Hall–Kier alpha value is -1.58. The SMILES string of the molecule is Cc1ccc(C2COC(=O)N2C)cn1. The van der Waals surface area contributed by atoms with Crippen molar-refractivity contribution in [3.63, 3.8) is 0 Å². The molecule has 0 bridgehead atoms. The zero-order valence-electron chi connectivity index (χ0n) is 8.23. The van der Waals surface area contributed by atoms with Crippen molar-refractivity contribution in [1.29, 1.82) is 0 Å². The third-order valence-electron chi connectivity index (χ3n) is 2.44. The van der Waals surface area contributed by atoms with Crippen molar-refractivity contribution >= 4 is 6.09 Å². The van der Waals surface area contributed by atoms with E-state index in [0.29, 0.717) is 6.61 Å². The lowest BCUT2D eigenvalue weighted by Gasteiger charge is -2.15. The highest BCUT2D eigenvalue weighted by Gasteiger charge is 2.30. The predicted molar refractivity (Wildman–Crippen MR) is 50.8 cm³/mol. The van der Waals surface area contributed by atoms with Gasteiger partial charge in [-0.15, -0.1) is 0 Å². The summed E-state index contributed by atoms with van der Waals surface area (Å²) in [4.78, 5) is 16.9. The third kappa shape index (κ3) is 1.43. The molecule has 0 aromatic carbocycles. The maximum absolute atomic E-state index is 11.1. The molecule has 14 heavy (non-hydrogen) atoms. The minimum Gasteiger partial charge on any atom is -0.447 e. The second kappa shape index (κ2) is 3.29. The normalized spacial score (nSPS) is 21.1. The van der Waals surface area contributed by atoms with Crippen LogP contribution in [0.3, 0.4) is 0 Å². The molecular formula is C10H12N2O2. The molecule has 4 nitrogen and oxygen atoms in total. The maximum atomic E-state index is 11.1. The van der Waals surface area contributed by atoms with Crippen molar-refractivity contribution in [2.75, 3.05) is 13.7 Å². The van der Waals surface area contributed by atoms with Gasteiger partial charge in [-0.1, -0.05) is 6.07 Å². The van der Waals surface area contributed by atoms with Crippen molar-refractivity contribution in [3.05, 3.63) is 29.6 Å². The lowest BCUT2D eigenvalue weighted by atomic mass is 10.1. The minimum absolute atomic E-state index is 0.00981. The van der Waals surface area contributed by atoms with Crippen LogP contribution in [-0.4, -0.2) is 29.6 Å². The summed E-state index contributed by atoms with van der Waals surface area (Å²) in [5, 5.41) is 0. The Bertz CT molecular complexity index is 348. The molecule has 0 radical (unpaired) electrons. The molecule has 1 atom stereocenters. The summed E-state index contributed by atoms with van der Waals surface area (Å²) < 4.78 is 4.92. The largest absolute Gasteiger partial charge is 0.447 e. The maximum Gasteiger partial charge on any atom is 0.410 e. The van der Waals surface area contributed by atoms with Gasteiger partial charge in [0.1, 0.15) is 6.61 Å². The number of carbonyl (C=O) groups excluding carboxylic acids is 1. The number of likely N-dealkylation sites (N-methyl/N-ethyl adjacent to an activating group) is 1. The second-order valence-corrected chi connectivity index (χ2v) is 3.44. The molecule has 0 spiro atoms. The lowest BCUT2D eigenvalue weighted by molar-refractivity contribution is 0.163. The van der Waals surface area contributed by atoms with Crippen LogP contribution in [0.15, 0.2) is 18.3 Å². The van der Waals surface area contributed by atoms with Crippen LogP contribution < -0.4 is 0 Å². The van der Waals surface area contributed by atoms with E-state index in [-0.39, 0.29) is 12.1 Å². The smallest absolute Gasteiger partial charge is 0.410 e. The van der Waals surface area contributed by atoms with Crippen LogP contribution in [-0.2, 0) is 4.74 Å². The molecule has 1 fully saturated rings. The van der Waals surface area contributed by atoms with Crippen molar-refractivity contribution in [2.45, 2.75) is 13.0 Å². The van der Waals surface area contributed by atoms with Crippen molar-refractivity contribution in [2.24, 2.45) is 0 Å². The summed E-state index contributed by atoms with van der Waals surface area (Å²) in [6.07, 6.45) is 1.52. The number of hydrogen-bond acceptors (Lipinski definition) is 3. The van der Waals surface area contributed by atoms with E-state index >= 15 is 0 Å². The van der Waals surface area contributed by atoms with Crippen LogP contribution in [0.5, 0.6) is 0 Å². The van der Waals surface area contributed by atoms with E-state index in [9.17, 15) is 4.79 Å². The van der Waals surface area contributed by atoms with Crippen LogP contribution in [0.4, 0.5) is 4.79 Å². The number of carbonyl (C=O) groups is 1. The fourth-order valence-electron chi connectivity index (χ4n) is 1.49. The molecule has 2 heterocycles. The average molecular weight is 192 g/mol. The fraction of sp³-hybridized carbons (Fsp3) is 0.400. The predicted octanol–water partition coefficient (Wildman–Crippen LogP) is 1.51. The lowest BCUT2D eigenvalue weighted by Crippen LogP contribution is -2.22. The standard InChI is InChI=1S/C10H12N2O2/c1-7-3-4-8(5-11-7)9-6-14-10(13)12(9)2/h3-5,9H,6H2,1-2H3. The van der Waals surface area contributed by atoms with E-state index in [4.69, 9.17) is 4.74 Å². The summed E-state index contributed by atoms with van der Waals surface area (Å²) in [5.41, 5.74) is 1.99. The van der Waals surface area contributed by atoms with Gasteiger partial charge in [-0.25, -0.2) is 4.79 Å². The Morgan fingerprint density at radius 3 is 2.86 bits per heavy atom. The van der Waals surface area contributed by atoms with Gasteiger partial charge in [0.2, 0.25) is 0 Å².